The third-order valence-electron chi connectivity index (χ3n) is 4.60. The van der Waals surface area contributed by atoms with Crippen molar-refractivity contribution in [2.45, 2.75) is 46.1 Å². The van der Waals surface area contributed by atoms with E-state index in [9.17, 15) is 0 Å². The van der Waals surface area contributed by atoms with Crippen molar-refractivity contribution in [2.24, 2.45) is 10.9 Å². The maximum Gasteiger partial charge on any atom is 0.194 e. The summed E-state index contributed by atoms with van der Waals surface area (Å²) in [5.74, 6) is 1.66. The predicted molar refractivity (Wildman–Crippen MR) is 98.3 cm³/mol. The van der Waals surface area contributed by atoms with Crippen LogP contribution in [-0.4, -0.2) is 59.8 Å². The smallest absolute Gasteiger partial charge is 0.194 e. The van der Waals surface area contributed by atoms with Crippen LogP contribution in [0.5, 0.6) is 0 Å². The van der Waals surface area contributed by atoms with Gasteiger partial charge in [0, 0.05) is 38.6 Å². The molecule has 6 heteroatoms. The average molecular weight is 335 g/mol. The number of likely N-dealkylation sites (tertiary alicyclic amines) is 1. The summed E-state index contributed by atoms with van der Waals surface area (Å²) in [6, 6.07) is 0.450. The molecule has 2 heterocycles. The first-order valence-corrected chi connectivity index (χ1v) is 9.34. The van der Waals surface area contributed by atoms with Crippen molar-refractivity contribution >= 4 is 5.96 Å². The molecule has 0 bridgehead atoms. The second kappa shape index (κ2) is 10.3. The summed E-state index contributed by atoms with van der Waals surface area (Å²) in [5, 5.41) is 3.43. The molecule has 1 aromatic rings. The minimum absolute atomic E-state index is 0.450. The molecule has 1 aliphatic rings. The second-order valence-electron chi connectivity index (χ2n) is 6.49. The van der Waals surface area contributed by atoms with Crippen LogP contribution in [0.25, 0.3) is 0 Å². The molecule has 1 saturated heterocycles. The van der Waals surface area contributed by atoms with Crippen molar-refractivity contribution in [1.82, 2.24) is 19.8 Å². The number of hydrogen-bond donors (Lipinski definition) is 1. The van der Waals surface area contributed by atoms with Crippen molar-refractivity contribution < 1.29 is 4.74 Å². The van der Waals surface area contributed by atoms with Crippen molar-refractivity contribution in [1.29, 1.82) is 0 Å². The molecule has 1 aliphatic heterocycles. The molecule has 1 aromatic heterocycles. The number of aromatic nitrogens is 2. The number of hydrogen-bond acceptors (Lipinski definition) is 3. The minimum Gasteiger partial charge on any atom is -0.380 e. The van der Waals surface area contributed by atoms with Gasteiger partial charge in [0.15, 0.2) is 5.96 Å². The first-order valence-electron chi connectivity index (χ1n) is 9.34. The van der Waals surface area contributed by atoms with Crippen LogP contribution in [0.2, 0.25) is 0 Å². The summed E-state index contributed by atoms with van der Waals surface area (Å²) in [6.07, 6.45) is 9.32. The van der Waals surface area contributed by atoms with Gasteiger partial charge in [0.05, 0.1) is 25.5 Å². The molecule has 6 nitrogen and oxygen atoms in total. The lowest BCUT2D eigenvalue weighted by molar-refractivity contribution is 0.138. The minimum atomic E-state index is 0.450. The zero-order valence-corrected chi connectivity index (χ0v) is 15.4. The summed E-state index contributed by atoms with van der Waals surface area (Å²) < 4.78 is 7.85. The Labute approximate surface area is 146 Å². The molecule has 24 heavy (non-hydrogen) atoms. The normalized spacial score (nSPS) is 22.0. The highest BCUT2D eigenvalue weighted by Gasteiger charge is 2.28. The molecule has 2 rings (SSSR count). The van der Waals surface area contributed by atoms with Crippen molar-refractivity contribution in [3.05, 3.63) is 18.7 Å². The number of imidazole rings is 1. The number of ether oxygens (including phenoxy) is 1. The van der Waals surface area contributed by atoms with E-state index in [-0.39, 0.29) is 0 Å². The quantitative estimate of drug-likeness (QED) is 0.451. The van der Waals surface area contributed by atoms with E-state index in [2.05, 4.69) is 46.7 Å². The molecule has 0 spiro atoms. The van der Waals surface area contributed by atoms with Crippen molar-refractivity contribution in [3.8, 4) is 0 Å². The summed E-state index contributed by atoms with van der Waals surface area (Å²) in [6.45, 7) is 11.8. The van der Waals surface area contributed by atoms with Gasteiger partial charge in [-0.15, -0.1) is 0 Å². The van der Waals surface area contributed by atoms with Gasteiger partial charge < -0.3 is 19.5 Å². The van der Waals surface area contributed by atoms with Crippen LogP contribution in [0.3, 0.4) is 0 Å². The van der Waals surface area contributed by atoms with Crippen LogP contribution in [0, 0.1) is 5.92 Å². The zero-order chi connectivity index (χ0) is 17.2. The molecule has 0 aliphatic carbocycles. The van der Waals surface area contributed by atoms with E-state index in [0.717, 1.165) is 38.6 Å². The number of piperidine rings is 1. The first-order chi connectivity index (χ1) is 11.8. The summed E-state index contributed by atoms with van der Waals surface area (Å²) >= 11 is 0. The number of nitrogens with one attached hydrogen (secondary N) is 1. The largest absolute Gasteiger partial charge is 0.380 e. The van der Waals surface area contributed by atoms with Gasteiger partial charge in [0.1, 0.15) is 0 Å². The van der Waals surface area contributed by atoms with Crippen LogP contribution < -0.4 is 5.32 Å². The highest BCUT2D eigenvalue weighted by Crippen LogP contribution is 2.27. The van der Waals surface area contributed by atoms with E-state index in [4.69, 9.17) is 9.73 Å². The first kappa shape index (κ1) is 18.8. The number of aliphatic imine (C=N–C) groups is 1. The molecule has 0 amide bonds. The lowest BCUT2D eigenvalue weighted by atomic mass is 9.93. The lowest BCUT2D eigenvalue weighted by Gasteiger charge is -2.39. The van der Waals surface area contributed by atoms with E-state index >= 15 is 0 Å². The van der Waals surface area contributed by atoms with E-state index in [1.54, 1.807) is 0 Å². The SMILES string of the molecule is CCCCOCCN=C(NCC)N1CCC(C)C(n2ccnc2)C1. The number of unbranched alkanes of at least 4 members (excludes halogenated alkanes) is 1. The highest BCUT2D eigenvalue weighted by molar-refractivity contribution is 5.80. The molecule has 0 aromatic carbocycles. The Morgan fingerprint density at radius 2 is 2.25 bits per heavy atom. The van der Waals surface area contributed by atoms with Crippen LogP contribution in [0.4, 0.5) is 0 Å². The standard InChI is InChI=1S/C18H33N5O/c1-4-6-12-24-13-9-21-18(20-5-2)22-10-7-16(3)17(14-22)23-11-8-19-15-23/h8,11,15-17H,4-7,9-10,12-14H2,1-3H3,(H,20,21). The molecule has 136 valence electrons. The summed E-state index contributed by atoms with van der Waals surface area (Å²) in [7, 11) is 0. The highest BCUT2D eigenvalue weighted by atomic mass is 16.5. The van der Waals surface area contributed by atoms with Gasteiger partial charge in [-0.25, -0.2) is 4.98 Å². The Balaban J connectivity index is 1.91. The Hall–Kier alpha value is -1.56. The van der Waals surface area contributed by atoms with Gasteiger partial charge >= 0.3 is 0 Å². The molecule has 1 fully saturated rings. The molecular weight excluding hydrogens is 302 g/mol. The number of nitrogens with zero attached hydrogens (tertiary/aromatic N) is 4. The fraction of sp³-hybridized carbons (Fsp3) is 0.778. The van der Waals surface area contributed by atoms with E-state index < -0.39 is 0 Å². The topological polar surface area (TPSA) is 54.7 Å². The fourth-order valence-electron chi connectivity index (χ4n) is 3.09. The Kier molecular flexibility index (Phi) is 8.08. The van der Waals surface area contributed by atoms with E-state index in [1.165, 1.54) is 12.8 Å². The van der Waals surface area contributed by atoms with Crippen LogP contribution in [0.15, 0.2) is 23.7 Å². The van der Waals surface area contributed by atoms with E-state index in [1.807, 2.05) is 12.5 Å². The fourth-order valence-corrected chi connectivity index (χ4v) is 3.09. The summed E-state index contributed by atoms with van der Waals surface area (Å²) in [5.41, 5.74) is 0. The zero-order valence-electron chi connectivity index (χ0n) is 15.4. The second-order valence-corrected chi connectivity index (χ2v) is 6.49. The van der Waals surface area contributed by atoms with Crippen LogP contribution >= 0.6 is 0 Å². The molecular formula is C18H33N5O. The predicted octanol–water partition coefficient (Wildman–Crippen LogP) is 2.55. The Morgan fingerprint density at radius 1 is 1.38 bits per heavy atom. The van der Waals surface area contributed by atoms with Gasteiger partial charge in [-0.05, 0) is 25.7 Å². The van der Waals surface area contributed by atoms with Gasteiger partial charge in [-0.3, -0.25) is 4.99 Å². The number of guanidine groups is 1. The van der Waals surface area contributed by atoms with Crippen LogP contribution in [0.1, 0.15) is 46.1 Å². The maximum absolute atomic E-state index is 5.62. The molecule has 2 unspecified atom stereocenters. The van der Waals surface area contributed by atoms with Gasteiger partial charge in [-0.1, -0.05) is 20.3 Å². The third-order valence-corrected chi connectivity index (χ3v) is 4.60. The lowest BCUT2D eigenvalue weighted by Crippen LogP contribution is -2.49. The average Bonchev–Trinajstić information content (AvgIpc) is 3.12. The van der Waals surface area contributed by atoms with Crippen LogP contribution in [-0.2, 0) is 4.74 Å². The monoisotopic (exact) mass is 335 g/mol. The molecule has 0 radical (unpaired) electrons. The van der Waals surface area contributed by atoms with Gasteiger partial charge in [0.25, 0.3) is 0 Å². The molecule has 0 saturated carbocycles. The number of rotatable bonds is 8. The van der Waals surface area contributed by atoms with Gasteiger partial charge in [-0.2, -0.15) is 0 Å². The van der Waals surface area contributed by atoms with E-state index in [0.29, 0.717) is 25.1 Å². The van der Waals surface area contributed by atoms with Crippen molar-refractivity contribution in [3.63, 3.8) is 0 Å². The Bertz CT molecular complexity index is 474. The van der Waals surface area contributed by atoms with Gasteiger partial charge in [0.2, 0.25) is 0 Å². The third kappa shape index (κ3) is 5.51. The summed E-state index contributed by atoms with van der Waals surface area (Å²) in [4.78, 5) is 11.3. The maximum atomic E-state index is 5.62. The van der Waals surface area contributed by atoms with Crippen molar-refractivity contribution in [2.75, 3.05) is 39.4 Å². The Morgan fingerprint density at radius 3 is 2.96 bits per heavy atom. The molecule has 1 N–H and O–H groups in total. The molecule has 2 atom stereocenters.